The summed E-state index contributed by atoms with van der Waals surface area (Å²) in [6.07, 6.45) is 5.42. The molecule has 5 heterocycles. The number of thiazole rings is 1. The van der Waals surface area contributed by atoms with Gasteiger partial charge in [0.25, 0.3) is 0 Å². The van der Waals surface area contributed by atoms with E-state index in [1.807, 2.05) is 29.8 Å². The molecule has 1 saturated heterocycles. The summed E-state index contributed by atoms with van der Waals surface area (Å²) in [6.45, 7) is 6.60. The van der Waals surface area contributed by atoms with Crippen LogP contribution in [0.1, 0.15) is 11.5 Å². The molecule has 4 aromatic heterocycles. The molecule has 0 aromatic carbocycles. The molecule has 0 radical (unpaired) electrons. The lowest BCUT2D eigenvalue weighted by Gasteiger charge is -2.36. The van der Waals surface area contributed by atoms with E-state index in [1.165, 1.54) is 17.0 Å². The maximum absolute atomic E-state index is 5.49. The number of nitrogens with one attached hydrogen (secondary N) is 1. The van der Waals surface area contributed by atoms with Gasteiger partial charge in [0, 0.05) is 56.2 Å². The highest BCUT2D eigenvalue weighted by molar-refractivity contribution is 7.13. The Morgan fingerprint density at radius 2 is 2.07 bits per heavy atom. The SMILES string of the molecule is Cc1nc(-n2cccn2)ccc1N1CCN(Cc2cc(Nc3nccs3)no2)CC1. The molecule has 1 aliphatic heterocycles. The minimum atomic E-state index is 0.692. The van der Waals surface area contributed by atoms with Crippen LogP contribution in [0.25, 0.3) is 5.82 Å². The number of aryl methyl sites for hydroxylation is 1. The van der Waals surface area contributed by atoms with Crippen LogP contribution in [0.4, 0.5) is 16.6 Å². The molecule has 0 atom stereocenters. The number of hydrogen-bond acceptors (Lipinski definition) is 9. The van der Waals surface area contributed by atoms with E-state index < -0.39 is 0 Å². The van der Waals surface area contributed by atoms with Gasteiger partial charge in [-0.1, -0.05) is 5.16 Å². The fourth-order valence-electron chi connectivity index (χ4n) is 3.62. The van der Waals surface area contributed by atoms with E-state index in [4.69, 9.17) is 9.51 Å². The predicted octanol–water partition coefficient (Wildman–Crippen LogP) is 3.09. The fourth-order valence-corrected chi connectivity index (χ4v) is 4.15. The molecule has 9 nitrogen and oxygen atoms in total. The van der Waals surface area contributed by atoms with Gasteiger partial charge < -0.3 is 14.7 Å². The van der Waals surface area contributed by atoms with Gasteiger partial charge in [-0.05, 0) is 25.1 Å². The second kappa shape index (κ2) is 8.25. The van der Waals surface area contributed by atoms with Gasteiger partial charge in [-0.25, -0.2) is 14.6 Å². The Balaban J connectivity index is 1.17. The molecular formula is C20H22N8OS. The second-order valence-corrected chi connectivity index (χ2v) is 8.02. The van der Waals surface area contributed by atoms with E-state index in [9.17, 15) is 0 Å². The van der Waals surface area contributed by atoms with E-state index in [2.05, 4.69) is 43.3 Å². The standard InChI is InChI=1S/C20H22N8OS/c1-15-17(3-4-19(23-15)28-7-2-5-22-28)27-10-8-26(9-11-27)14-16-13-18(25-29-16)24-20-21-6-12-30-20/h2-7,12-13H,8-11,14H2,1H3,(H,21,24,25). The van der Waals surface area contributed by atoms with Gasteiger partial charge in [-0.2, -0.15) is 5.10 Å². The Hall–Kier alpha value is -3.24. The summed E-state index contributed by atoms with van der Waals surface area (Å²) in [7, 11) is 0. The van der Waals surface area contributed by atoms with Crippen molar-refractivity contribution in [3.8, 4) is 5.82 Å². The van der Waals surface area contributed by atoms with Crippen molar-refractivity contribution in [1.29, 1.82) is 0 Å². The van der Waals surface area contributed by atoms with Crippen LogP contribution in [0, 0.1) is 6.92 Å². The van der Waals surface area contributed by atoms with E-state index in [-0.39, 0.29) is 0 Å². The van der Waals surface area contributed by atoms with Crippen molar-refractivity contribution in [1.82, 2.24) is 29.8 Å². The van der Waals surface area contributed by atoms with Crippen LogP contribution in [-0.2, 0) is 6.54 Å². The van der Waals surface area contributed by atoms with Crippen LogP contribution in [0.5, 0.6) is 0 Å². The first-order valence-electron chi connectivity index (χ1n) is 9.82. The van der Waals surface area contributed by atoms with Crippen LogP contribution in [0.2, 0.25) is 0 Å². The van der Waals surface area contributed by atoms with Crippen LogP contribution in [0.3, 0.4) is 0 Å². The third kappa shape index (κ3) is 4.05. The summed E-state index contributed by atoms with van der Waals surface area (Å²) in [5, 5.41) is 14.2. The quantitative estimate of drug-likeness (QED) is 0.507. The van der Waals surface area contributed by atoms with Gasteiger partial charge in [-0.3, -0.25) is 4.90 Å². The smallest absolute Gasteiger partial charge is 0.188 e. The molecule has 0 aliphatic carbocycles. The number of piperazine rings is 1. The van der Waals surface area contributed by atoms with Crippen LogP contribution in [-0.4, -0.2) is 56.0 Å². The van der Waals surface area contributed by atoms with Gasteiger partial charge in [0.15, 0.2) is 22.5 Å². The second-order valence-electron chi connectivity index (χ2n) is 7.13. The fraction of sp³-hybridized carbons (Fsp3) is 0.300. The van der Waals surface area contributed by atoms with Gasteiger partial charge in [-0.15, -0.1) is 11.3 Å². The van der Waals surface area contributed by atoms with Crippen molar-refractivity contribution in [2.45, 2.75) is 13.5 Å². The molecule has 1 N–H and O–H groups in total. The maximum atomic E-state index is 5.49. The Morgan fingerprint density at radius 3 is 2.80 bits per heavy atom. The molecule has 0 amide bonds. The minimum absolute atomic E-state index is 0.692. The van der Waals surface area contributed by atoms with Crippen LogP contribution >= 0.6 is 11.3 Å². The van der Waals surface area contributed by atoms with E-state index in [0.717, 1.165) is 55.1 Å². The number of aromatic nitrogens is 5. The zero-order valence-electron chi connectivity index (χ0n) is 16.6. The van der Waals surface area contributed by atoms with Crippen molar-refractivity contribution >= 4 is 28.0 Å². The molecule has 4 aromatic rings. The predicted molar refractivity (Wildman–Crippen MR) is 115 cm³/mol. The normalized spacial score (nSPS) is 14.9. The molecule has 0 unspecified atom stereocenters. The zero-order valence-corrected chi connectivity index (χ0v) is 17.4. The highest BCUT2D eigenvalue weighted by Gasteiger charge is 2.20. The lowest BCUT2D eigenvalue weighted by atomic mass is 10.2. The van der Waals surface area contributed by atoms with Crippen molar-refractivity contribution in [3.63, 3.8) is 0 Å². The van der Waals surface area contributed by atoms with Crippen molar-refractivity contribution < 1.29 is 4.52 Å². The molecule has 5 rings (SSSR count). The summed E-state index contributed by atoms with van der Waals surface area (Å²) in [4.78, 5) is 13.7. The minimum Gasteiger partial charge on any atom is -0.368 e. The van der Waals surface area contributed by atoms with Crippen molar-refractivity contribution in [2.75, 3.05) is 36.4 Å². The first kappa shape index (κ1) is 18.8. The van der Waals surface area contributed by atoms with Crippen molar-refractivity contribution in [3.05, 3.63) is 59.7 Å². The van der Waals surface area contributed by atoms with Crippen molar-refractivity contribution in [2.24, 2.45) is 0 Å². The largest absolute Gasteiger partial charge is 0.368 e. The number of nitrogens with zero attached hydrogens (tertiary/aromatic N) is 7. The van der Waals surface area contributed by atoms with Gasteiger partial charge in [0.05, 0.1) is 17.9 Å². The first-order valence-corrected chi connectivity index (χ1v) is 10.7. The Morgan fingerprint density at radius 1 is 1.17 bits per heavy atom. The van der Waals surface area contributed by atoms with E-state index >= 15 is 0 Å². The molecule has 0 saturated carbocycles. The number of rotatable bonds is 6. The topological polar surface area (TPSA) is 88.1 Å². The summed E-state index contributed by atoms with van der Waals surface area (Å²) < 4.78 is 7.27. The number of pyridine rings is 1. The summed E-state index contributed by atoms with van der Waals surface area (Å²) in [5.41, 5.74) is 2.20. The third-order valence-electron chi connectivity index (χ3n) is 5.10. The van der Waals surface area contributed by atoms with Gasteiger partial charge in [0.1, 0.15) is 0 Å². The lowest BCUT2D eigenvalue weighted by molar-refractivity contribution is 0.220. The average Bonchev–Trinajstić information content (AvgIpc) is 3.53. The molecule has 1 aliphatic rings. The molecular weight excluding hydrogens is 400 g/mol. The van der Waals surface area contributed by atoms with Gasteiger partial charge >= 0.3 is 0 Å². The summed E-state index contributed by atoms with van der Waals surface area (Å²) in [5.74, 6) is 2.38. The Kier molecular flexibility index (Phi) is 5.16. The third-order valence-corrected chi connectivity index (χ3v) is 5.79. The molecule has 154 valence electrons. The molecule has 1 fully saturated rings. The van der Waals surface area contributed by atoms with Gasteiger partial charge in [0.2, 0.25) is 0 Å². The van der Waals surface area contributed by atoms with Crippen LogP contribution < -0.4 is 10.2 Å². The van der Waals surface area contributed by atoms with E-state index in [1.54, 1.807) is 17.1 Å². The highest BCUT2D eigenvalue weighted by Crippen LogP contribution is 2.23. The molecule has 10 heteroatoms. The Labute approximate surface area is 178 Å². The molecule has 0 bridgehead atoms. The number of hydrogen-bond donors (Lipinski definition) is 1. The monoisotopic (exact) mass is 422 g/mol. The van der Waals surface area contributed by atoms with Crippen LogP contribution in [0.15, 0.2) is 52.8 Å². The van der Waals surface area contributed by atoms with E-state index in [0.29, 0.717) is 5.82 Å². The molecule has 30 heavy (non-hydrogen) atoms. The first-order chi connectivity index (χ1) is 14.7. The summed E-state index contributed by atoms with van der Waals surface area (Å²) in [6, 6.07) is 8.00. The lowest BCUT2D eigenvalue weighted by Crippen LogP contribution is -2.46. The maximum Gasteiger partial charge on any atom is 0.188 e. The highest BCUT2D eigenvalue weighted by atomic mass is 32.1. The zero-order chi connectivity index (χ0) is 20.3. The number of anilines is 3. The molecule has 0 spiro atoms. The summed E-state index contributed by atoms with van der Waals surface area (Å²) >= 11 is 1.53. The average molecular weight is 423 g/mol. The Bertz CT molecular complexity index is 1080.